The molecule has 26 heavy (non-hydrogen) atoms. The minimum atomic E-state index is -0.256. The molecule has 1 atom stereocenters. The normalized spacial score (nSPS) is 12.2. The fourth-order valence-electron chi connectivity index (χ4n) is 2.59. The van der Waals surface area contributed by atoms with Crippen molar-refractivity contribution in [3.8, 4) is 5.88 Å². The van der Waals surface area contributed by atoms with E-state index in [9.17, 15) is 4.39 Å². The molecule has 0 saturated heterocycles. The quantitative estimate of drug-likeness (QED) is 0.652. The second kappa shape index (κ2) is 8.05. The maximum atomic E-state index is 13.1. The van der Waals surface area contributed by atoms with E-state index in [1.165, 1.54) is 12.1 Å². The summed E-state index contributed by atoms with van der Waals surface area (Å²) in [6.45, 7) is 4.72. The van der Waals surface area contributed by atoms with Gasteiger partial charge >= 0.3 is 0 Å². The van der Waals surface area contributed by atoms with Crippen LogP contribution in [-0.4, -0.2) is 35.3 Å². The number of ether oxygens (including phenoxy) is 2. The highest BCUT2D eigenvalue weighted by molar-refractivity contribution is 5.89. The van der Waals surface area contributed by atoms with Crippen LogP contribution in [0.3, 0.4) is 0 Å². The number of rotatable bonds is 7. The standard InChI is InChI=1S/C19H21FN4O2/c1-12(14-4-6-15(20)7-5-14)22-19-16-10-18(26-9-8-25-3)21-11-17(16)23-13(2)24-19/h4-7,10-12H,8-9H2,1-3H3,(H,22,23,24). The van der Waals surface area contributed by atoms with Crippen molar-refractivity contribution in [2.75, 3.05) is 25.6 Å². The van der Waals surface area contributed by atoms with E-state index in [1.54, 1.807) is 25.4 Å². The predicted octanol–water partition coefficient (Wildman–Crippen LogP) is 3.67. The first-order chi connectivity index (χ1) is 12.6. The average molecular weight is 356 g/mol. The van der Waals surface area contributed by atoms with Crippen LogP contribution in [0.15, 0.2) is 36.5 Å². The van der Waals surface area contributed by atoms with E-state index in [0.717, 1.165) is 16.5 Å². The molecular formula is C19H21FN4O2. The lowest BCUT2D eigenvalue weighted by atomic mass is 10.1. The van der Waals surface area contributed by atoms with Crippen molar-refractivity contribution in [3.05, 3.63) is 53.7 Å². The first kappa shape index (κ1) is 18.0. The highest BCUT2D eigenvalue weighted by atomic mass is 19.1. The second-order valence-electron chi connectivity index (χ2n) is 5.92. The van der Waals surface area contributed by atoms with Gasteiger partial charge in [0.2, 0.25) is 5.88 Å². The number of pyridine rings is 1. The van der Waals surface area contributed by atoms with Crippen LogP contribution in [0.1, 0.15) is 24.4 Å². The number of aromatic nitrogens is 3. The molecular weight excluding hydrogens is 335 g/mol. The summed E-state index contributed by atoms with van der Waals surface area (Å²) in [6, 6.07) is 8.16. The summed E-state index contributed by atoms with van der Waals surface area (Å²) >= 11 is 0. The van der Waals surface area contributed by atoms with Crippen LogP contribution < -0.4 is 10.1 Å². The molecule has 1 N–H and O–H groups in total. The number of benzene rings is 1. The van der Waals surface area contributed by atoms with Crippen LogP contribution in [0.5, 0.6) is 5.88 Å². The Hall–Kier alpha value is -2.80. The van der Waals surface area contributed by atoms with Gasteiger partial charge in [0, 0.05) is 24.6 Å². The zero-order valence-electron chi connectivity index (χ0n) is 15.0. The van der Waals surface area contributed by atoms with Gasteiger partial charge in [-0.1, -0.05) is 12.1 Å². The van der Waals surface area contributed by atoms with Gasteiger partial charge in [0.1, 0.15) is 24.1 Å². The Morgan fingerprint density at radius 3 is 2.65 bits per heavy atom. The molecule has 3 rings (SSSR count). The molecule has 2 heterocycles. The Kier molecular flexibility index (Phi) is 5.58. The molecule has 0 spiro atoms. The monoisotopic (exact) mass is 356 g/mol. The van der Waals surface area contributed by atoms with Crippen molar-refractivity contribution < 1.29 is 13.9 Å². The van der Waals surface area contributed by atoms with Gasteiger partial charge in [-0.3, -0.25) is 0 Å². The maximum Gasteiger partial charge on any atom is 0.214 e. The van der Waals surface area contributed by atoms with Gasteiger partial charge in [-0.05, 0) is 31.5 Å². The van der Waals surface area contributed by atoms with Gasteiger partial charge < -0.3 is 14.8 Å². The van der Waals surface area contributed by atoms with Crippen molar-refractivity contribution in [1.82, 2.24) is 15.0 Å². The summed E-state index contributed by atoms with van der Waals surface area (Å²) in [5.74, 6) is 1.55. The number of hydrogen-bond acceptors (Lipinski definition) is 6. The van der Waals surface area contributed by atoms with Crippen LogP contribution in [0, 0.1) is 12.7 Å². The Morgan fingerprint density at radius 2 is 1.92 bits per heavy atom. The van der Waals surface area contributed by atoms with Gasteiger partial charge in [0.25, 0.3) is 0 Å². The van der Waals surface area contributed by atoms with Crippen molar-refractivity contribution in [1.29, 1.82) is 0 Å². The van der Waals surface area contributed by atoms with E-state index in [0.29, 0.717) is 30.7 Å². The lowest BCUT2D eigenvalue weighted by molar-refractivity contribution is 0.144. The molecule has 7 heteroatoms. The number of halogens is 1. The number of hydrogen-bond donors (Lipinski definition) is 1. The van der Waals surface area contributed by atoms with Gasteiger partial charge in [-0.15, -0.1) is 0 Å². The molecule has 2 aromatic heterocycles. The van der Waals surface area contributed by atoms with E-state index in [1.807, 2.05) is 19.9 Å². The summed E-state index contributed by atoms with van der Waals surface area (Å²) < 4.78 is 23.7. The third-order valence-corrected chi connectivity index (χ3v) is 3.93. The van der Waals surface area contributed by atoms with Gasteiger partial charge in [0.15, 0.2) is 0 Å². The third kappa shape index (κ3) is 4.23. The molecule has 0 aliphatic rings. The molecule has 6 nitrogen and oxygen atoms in total. The zero-order chi connectivity index (χ0) is 18.5. The van der Waals surface area contributed by atoms with Crippen LogP contribution in [-0.2, 0) is 4.74 Å². The topological polar surface area (TPSA) is 69.2 Å². The van der Waals surface area contributed by atoms with Crippen molar-refractivity contribution in [2.45, 2.75) is 19.9 Å². The molecule has 0 saturated carbocycles. The third-order valence-electron chi connectivity index (χ3n) is 3.93. The number of aryl methyl sites for hydroxylation is 1. The summed E-state index contributed by atoms with van der Waals surface area (Å²) in [6.07, 6.45) is 1.67. The molecule has 0 aliphatic heterocycles. The SMILES string of the molecule is COCCOc1cc2c(NC(C)c3ccc(F)cc3)nc(C)nc2cn1. The zero-order valence-corrected chi connectivity index (χ0v) is 15.0. The lowest BCUT2D eigenvalue weighted by Gasteiger charge is -2.17. The van der Waals surface area contributed by atoms with Gasteiger partial charge in [-0.25, -0.2) is 19.3 Å². The average Bonchev–Trinajstić information content (AvgIpc) is 2.62. The molecule has 1 aromatic carbocycles. The molecule has 0 fully saturated rings. The first-order valence-electron chi connectivity index (χ1n) is 8.35. The summed E-state index contributed by atoms with van der Waals surface area (Å²) in [4.78, 5) is 13.2. The van der Waals surface area contributed by atoms with Crippen LogP contribution in [0.2, 0.25) is 0 Å². The first-order valence-corrected chi connectivity index (χ1v) is 8.35. The number of fused-ring (bicyclic) bond motifs is 1. The smallest absolute Gasteiger partial charge is 0.214 e. The Labute approximate surface area is 151 Å². The van der Waals surface area contributed by atoms with Crippen molar-refractivity contribution in [3.63, 3.8) is 0 Å². The predicted molar refractivity (Wildman–Crippen MR) is 97.9 cm³/mol. The molecule has 136 valence electrons. The number of nitrogens with zero attached hydrogens (tertiary/aromatic N) is 3. The van der Waals surface area contributed by atoms with Crippen LogP contribution in [0.25, 0.3) is 10.9 Å². The van der Waals surface area contributed by atoms with Crippen molar-refractivity contribution >= 4 is 16.7 Å². The largest absolute Gasteiger partial charge is 0.475 e. The number of nitrogens with one attached hydrogen (secondary N) is 1. The number of methoxy groups -OCH3 is 1. The van der Waals surface area contributed by atoms with E-state index in [2.05, 4.69) is 20.3 Å². The number of anilines is 1. The fourth-order valence-corrected chi connectivity index (χ4v) is 2.59. The lowest BCUT2D eigenvalue weighted by Crippen LogP contribution is -2.10. The minimum absolute atomic E-state index is 0.0564. The van der Waals surface area contributed by atoms with E-state index >= 15 is 0 Å². The Morgan fingerprint density at radius 1 is 1.15 bits per heavy atom. The second-order valence-corrected chi connectivity index (χ2v) is 5.92. The fraction of sp³-hybridized carbons (Fsp3) is 0.316. The van der Waals surface area contributed by atoms with Crippen molar-refractivity contribution in [2.24, 2.45) is 0 Å². The minimum Gasteiger partial charge on any atom is -0.475 e. The summed E-state index contributed by atoms with van der Waals surface area (Å²) in [7, 11) is 1.62. The molecule has 1 unspecified atom stereocenters. The van der Waals surface area contributed by atoms with E-state index in [-0.39, 0.29) is 11.9 Å². The van der Waals surface area contributed by atoms with Gasteiger partial charge in [0.05, 0.1) is 18.3 Å². The van der Waals surface area contributed by atoms with Gasteiger partial charge in [-0.2, -0.15) is 0 Å². The molecule has 0 bridgehead atoms. The summed E-state index contributed by atoms with van der Waals surface area (Å²) in [5.41, 5.74) is 1.69. The molecule has 0 radical (unpaired) electrons. The van der Waals surface area contributed by atoms with Crippen LogP contribution >= 0.6 is 0 Å². The van der Waals surface area contributed by atoms with Crippen LogP contribution in [0.4, 0.5) is 10.2 Å². The molecule has 0 aliphatic carbocycles. The molecule has 0 amide bonds. The maximum absolute atomic E-state index is 13.1. The highest BCUT2D eigenvalue weighted by Gasteiger charge is 2.12. The summed E-state index contributed by atoms with van der Waals surface area (Å²) in [5, 5.41) is 4.19. The Balaban J connectivity index is 1.89. The van der Waals surface area contributed by atoms with E-state index < -0.39 is 0 Å². The Bertz CT molecular complexity index is 887. The van der Waals surface area contributed by atoms with E-state index in [4.69, 9.17) is 9.47 Å². The highest BCUT2D eigenvalue weighted by Crippen LogP contribution is 2.27. The molecule has 3 aromatic rings.